The highest BCUT2D eigenvalue weighted by molar-refractivity contribution is 5.83. The van der Waals surface area contributed by atoms with Crippen LogP contribution in [0.2, 0.25) is 0 Å². The summed E-state index contributed by atoms with van der Waals surface area (Å²) in [6.07, 6.45) is 0. The first-order valence-electron chi connectivity index (χ1n) is 8.00. The molecule has 8 nitrogen and oxygen atoms in total. The maximum absolute atomic E-state index is 11.8. The molecule has 0 atom stereocenters. The fraction of sp³-hybridized carbons (Fsp3) is 0.211. The van der Waals surface area contributed by atoms with E-state index in [2.05, 4.69) is 10.9 Å². The van der Waals surface area contributed by atoms with Crippen molar-refractivity contribution in [2.75, 3.05) is 20.3 Å². The summed E-state index contributed by atoms with van der Waals surface area (Å²) in [7, 11) is 1.51. The molecular formula is C19H19N3O5. The number of para-hydroxylation sites is 1. The molecule has 0 fully saturated rings. The highest BCUT2D eigenvalue weighted by atomic mass is 16.5. The lowest BCUT2D eigenvalue weighted by Crippen LogP contribution is -2.45. The number of hydrogen-bond donors (Lipinski definition) is 2. The first-order valence-corrected chi connectivity index (χ1v) is 8.00. The minimum Gasteiger partial charge on any atom is -0.493 e. The number of nitrogens with zero attached hydrogens (tertiary/aromatic N) is 1. The van der Waals surface area contributed by atoms with E-state index in [4.69, 9.17) is 19.5 Å². The number of aryl methyl sites for hydroxylation is 1. The van der Waals surface area contributed by atoms with Gasteiger partial charge in [-0.25, -0.2) is 0 Å². The number of ether oxygens (including phenoxy) is 3. The Balaban J connectivity index is 1.75. The van der Waals surface area contributed by atoms with E-state index in [1.807, 2.05) is 19.1 Å². The van der Waals surface area contributed by atoms with Gasteiger partial charge in [-0.05, 0) is 36.8 Å². The van der Waals surface area contributed by atoms with Crippen molar-refractivity contribution in [3.63, 3.8) is 0 Å². The van der Waals surface area contributed by atoms with E-state index < -0.39 is 11.8 Å². The van der Waals surface area contributed by atoms with Crippen LogP contribution in [0.3, 0.4) is 0 Å². The molecule has 2 aromatic rings. The third-order valence-corrected chi connectivity index (χ3v) is 3.39. The Kier molecular flexibility index (Phi) is 7.02. The summed E-state index contributed by atoms with van der Waals surface area (Å²) in [4.78, 5) is 23.5. The number of hydrazine groups is 1. The maximum atomic E-state index is 11.8. The SMILES string of the molecule is COc1cc(C)ccc1OCC(=O)NNC(=O)COc1ccccc1C#N. The Hall–Kier alpha value is -3.73. The van der Waals surface area contributed by atoms with Gasteiger partial charge in [-0.15, -0.1) is 0 Å². The first-order chi connectivity index (χ1) is 13.0. The van der Waals surface area contributed by atoms with E-state index in [0.717, 1.165) is 5.56 Å². The molecule has 0 aliphatic carbocycles. The zero-order chi connectivity index (χ0) is 19.6. The van der Waals surface area contributed by atoms with Gasteiger partial charge in [0.25, 0.3) is 11.8 Å². The van der Waals surface area contributed by atoms with Gasteiger partial charge in [0.15, 0.2) is 24.7 Å². The van der Waals surface area contributed by atoms with Gasteiger partial charge < -0.3 is 14.2 Å². The standard InChI is InChI=1S/C19H19N3O5/c1-13-7-8-16(17(9-13)25-2)27-12-19(24)22-21-18(23)11-26-15-6-4-3-5-14(15)10-20/h3-9H,11-12H2,1-2H3,(H,21,23)(H,22,24). The van der Waals surface area contributed by atoms with E-state index in [-0.39, 0.29) is 19.0 Å². The highest BCUT2D eigenvalue weighted by Gasteiger charge is 2.10. The number of amides is 2. The lowest BCUT2D eigenvalue weighted by Gasteiger charge is -2.12. The molecule has 140 valence electrons. The summed E-state index contributed by atoms with van der Waals surface area (Å²) in [5, 5.41) is 8.95. The number of rotatable bonds is 7. The van der Waals surface area contributed by atoms with Crippen LogP contribution in [0.15, 0.2) is 42.5 Å². The third kappa shape index (κ3) is 5.93. The number of carbonyl (C=O) groups excluding carboxylic acids is 2. The van der Waals surface area contributed by atoms with Crippen LogP contribution < -0.4 is 25.1 Å². The fourth-order valence-corrected chi connectivity index (χ4v) is 2.08. The summed E-state index contributed by atoms with van der Waals surface area (Å²) < 4.78 is 15.8. The summed E-state index contributed by atoms with van der Waals surface area (Å²) >= 11 is 0. The molecule has 8 heteroatoms. The number of benzene rings is 2. The Bertz CT molecular complexity index is 861. The van der Waals surface area contributed by atoms with E-state index in [0.29, 0.717) is 17.1 Å². The average Bonchev–Trinajstić information content (AvgIpc) is 2.69. The van der Waals surface area contributed by atoms with Crippen LogP contribution in [0, 0.1) is 18.3 Å². The smallest absolute Gasteiger partial charge is 0.276 e. The van der Waals surface area contributed by atoms with Gasteiger partial charge in [-0.1, -0.05) is 18.2 Å². The monoisotopic (exact) mass is 369 g/mol. The lowest BCUT2D eigenvalue weighted by atomic mass is 10.2. The van der Waals surface area contributed by atoms with Gasteiger partial charge in [-0.2, -0.15) is 5.26 Å². The van der Waals surface area contributed by atoms with Crippen LogP contribution in [0.1, 0.15) is 11.1 Å². The van der Waals surface area contributed by atoms with Gasteiger partial charge in [0, 0.05) is 0 Å². The predicted octanol–water partition coefficient (Wildman–Crippen LogP) is 1.48. The molecule has 0 heterocycles. The summed E-state index contributed by atoms with van der Waals surface area (Å²) in [5.74, 6) is 0.0844. The zero-order valence-corrected chi connectivity index (χ0v) is 14.9. The Labute approximate surface area is 156 Å². The molecule has 2 rings (SSSR count). The fourth-order valence-electron chi connectivity index (χ4n) is 2.08. The minimum absolute atomic E-state index is 0.288. The molecule has 0 aliphatic heterocycles. The van der Waals surface area contributed by atoms with Gasteiger partial charge in [0.2, 0.25) is 0 Å². The molecule has 2 N–H and O–H groups in total. The summed E-state index contributed by atoms with van der Waals surface area (Å²) in [6, 6.07) is 13.8. The molecular weight excluding hydrogens is 350 g/mol. The van der Waals surface area contributed by atoms with Crippen molar-refractivity contribution >= 4 is 11.8 Å². The van der Waals surface area contributed by atoms with Crippen LogP contribution in [0.5, 0.6) is 17.2 Å². The van der Waals surface area contributed by atoms with Gasteiger partial charge in [0.1, 0.15) is 11.8 Å². The molecule has 0 saturated carbocycles. The Morgan fingerprint density at radius 3 is 2.22 bits per heavy atom. The Morgan fingerprint density at radius 1 is 0.963 bits per heavy atom. The second-order valence-corrected chi connectivity index (χ2v) is 5.44. The van der Waals surface area contributed by atoms with Crippen LogP contribution in [0.25, 0.3) is 0 Å². The van der Waals surface area contributed by atoms with Crippen molar-refractivity contribution in [3.8, 4) is 23.3 Å². The average molecular weight is 369 g/mol. The zero-order valence-electron chi connectivity index (χ0n) is 14.9. The maximum Gasteiger partial charge on any atom is 0.276 e. The van der Waals surface area contributed by atoms with E-state index in [9.17, 15) is 9.59 Å². The number of carbonyl (C=O) groups is 2. The number of hydrogen-bond acceptors (Lipinski definition) is 6. The van der Waals surface area contributed by atoms with E-state index in [1.165, 1.54) is 7.11 Å². The largest absolute Gasteiger partial charge is 0.493 e. The van der Waals surface area contributed by atoms with E-state index >= 15 is 0 Å². The molecule has 2 aromatic carbocycles. The normalized spacial score (nSPS) is 9.67. The number of methoxy groups -OCH3 is 1. The molecule has 0 bridgehead atoms. The summed E-state index contributed by atoms with van der Waals surface area (Å²) in [5.41, 5.74) is 5.73. The van der Waals surface area contributed by atoms with Gasteiger partial charge in [-0.3, -0.25) is 20.4 Å². The molecule has 0 unspecified atom stereocenters. The predicted molar refractivity (Wildman–Crippen MR) is 96.2 cm³/mol. The molecule has 0 aromatic heterocycles. The van der Waals surface area contributed by atoms with Crippen molar-refractivity contribution in [3.05, 3.63) is 53.6 Å². The van der Waals surface area contributed by atoms with Crippen molar-refractivity contribution < 1.29 is 23.8 Å². The third-order valence-electron chi connectivity index (χ3n) is 3.39. The van der Waals surface area contributed by atoms with Crippen LogP contribution in [-0.4, -0.2) is 32.1 Å². The molecule has 27 heavy (non-hydrogen) atoms. The topological polar surface area (TPSA) is 110 Å². The van der Waals surface area contributed by atoms with E-state index in [1.54, 1.807) is 36.4 Å². The Morgan fingerprint density at radius 2 is 1.59 bits per heavy atom. The second kappa shape index (κ2) is 9.68. The lowest BCUT2D eigenvalue weighted by molar-refractivity contribution is -0.131. The van der Waals surface area contributed by atoms with Crippen molar-refractivity contribution in [1.82, 2.24) is 10.9 Å². The van der Waals surface area contributed by atoms with Crippen molar-refractivity contribution in [2.45, 2.75) is 6.92 Å². The van der Waals surface area contributed by atoms with Crippen LogP contribution in [-0.2, 0) is 9.59 Å². The summed E-state index contributed by atoms with van der Waals surface area (Å²) in [6.45, 7) is 1.25. The molecule has 0 saturated heterocycles. The quantitative estimate of drug-likeness (QED) is 0.716. The first kappa shape index (κ1) is 19.6. The highest BCUT2D eigenvalue weighted by Crippen LogP contribution is 2.27. The number of nitriles is 1. The molecule has 2 amide bonds. The van der Waals surface area contributed by atoms with Gasteiger partial charge >= 0.3 is 0 Å². The van der Waals surface area contributed by atoms with Crippen molar-refractivity contribution in [1.29, 1.82) is 5.26 Å². The van der Waals surface area contributed by atoms with Crippen molar-refractivity contribution in [2.24, 2.45) is 0 Å². The van der Waals surface area contributed by atoms with Crippen LogP contribution >= 0.6 is 0 Å². The second-order valence-electron chi connectivity index (χ2n) is 5.44. The molecule has 0 aliphatic rings. The number of nitrogens with one attached hydrogen (secondary N) is 2. The molecule has 0 radical (unpaired) electrons. The van der Waals surface area contributed by atoms with Gasteiger partial charge in [0.05, 0.1) is 12.7 Å². The molecule has 0 spiro atoms. The van der Waals surface area contributed by atoms with Crippen LogP contribution in [0.4, 0.5) is 0 Å². The minimum atomic E-state index is -0.580.